The second-order valence-corrected chi connectivity index (χ2v) is 8.64. The standard InChI is InChI=1S/C21H29N3O4/c1-21(2,3)28-20(27)23-17-11-7-8-14-12-24(13-16(14)17)19(26)18(25)22-15-9-5-4-6-10-15/h4-6,9-10,14,16-17H,7-8,11-13H2,1-3H3,(H,22,25)(H,23,27)/t14-,16+,17+/m0/s1. The topological polar surface area (TPSA) is 87.7 Å². The lowest BCUT2D eigenvalue weighted by Crippen LogP contribution is -2.47. The predicted octanol–water partition coefficient (Wildman–Crippen LogP) is 2.78. The number of nitrogens with one attached hydrogen (secondary N) is 2. The summed E-state index contributed by atoms with van der Waals surface area (Å²) in [5.41, 5.74) is 0.0488. The molecule has 3 atom stereocenters. The van der Waals surface area contributed by atoms with Gasteiger partial charge in [-0.1, -0.05) is 24.6 Å². The average Bonchev–Trinajstić information content (AvgIpc) is 3.05. The summed E-state index contributed by atoms with van der Waals surface area (Å²) in [6.07, 6.45) is 2.42. The molecule has 1 aromatic carbocycles. The number of carbonyl (C=O) groups is 3. The van der Waals surface area contributed by atoms with Gasteiger partial charge in [0.25, 0.3) is 0 Å². The first kappa shape index (κ1) is 20.2. The molecule has 0 radical (unpaired) electrons. The highest BCUT2D eigenvalue weighted by Crippen LogP contribution is 2.36. The lowest BCUT2D eigenvalue weighted by molar-refractivity contribution is -0.142. The number of likely N-dealkylation sites (tertiary alicyclic amines) is 1. The number of para-hydroxylation sites is 1. The highest BCUT2D eigenvalue weighted by molar-refractivity contribution is 6.39. The molecule has 7 heteroatoms. The van der Waals surface area contributed by atoms with Gasteiger partial charge in [-0.2, -0.15) is 0 Å². The Kier molecular flexibility index (Phi) is 5.91. The van der Waals surface area contributed by atoms with Crippen molar-refractivity contribution in [3.8, 4) is 0 Å². The largest absolute Gasteiger partial charge is 0.444 e. The van der Waals surface area contributed by atoms with Crippen molar-refractivity contribution >= 4 is 23.6 Å². The van der Waals surface area contributed by atoms with E-state index in [1.807, 2.05) is 26.8 Å². The van der Waals surface area contributed by atoms with Crippen molar-refractivity contribution in [2.24, 2.45) is 11.8 Å². The fourth-order valence-electron chi connectivity index (χ4n) is 4.13. The molecule has 2 N–H and O–H groups in total. The summed E-state index contributed by atoms with van der Waals surface area (Å²) < 4.78 is 5.37. The molecule has 1 aliphatic heterocycles. The molecule has 2 aliphatic rings. The van der Waals surface area contributed by atoms with Crippen LogP contribution in [0, 0.1) is 11.8 Å². The number of amides is 3. The molecule has 0 bridgehead atoms. The van der Waals surface area contributed by atoms with Crippen molar-refractivity contribution in [1.29, 1.82) is 0 Å². The van der Waals surface area contributed by atoms with E-state index >= 15 is 0 Å². The first-order valence-corrected chi connectivity index (χ1v) is 9.88. The van der Waals surface area contributed by atoms with E-state index < -0.39 is 23.5 Å². The smallest absolute Gasteiger partial charge is 0.407 e. The van der Waals surface area contributed by atoms with Crippen LogP contribution in [-0.4, -0.2) is 47.5 Å². The molecule has 0 aromatic heterocycles. The molecule has 0 unspecified atom stereocenters. The number of rotatable bonds is 2. The SMILES string of the molecule is CC(C)(C)OC(=O)N[C@@H]1CCC[C@H]2CN(C(=O)C(=O)Nc3ccccc3)C[C@H]21. The van der Waals surface area contributed by atoms with Gasteiger partial charge in [-0.05, 0) is 51.7 Å². The van der Waals surface area contributed by atoms with Gasteiger partial charge in [0.1, 0.15) is 5.60 Å². The Hall–Kier alpha value is -2.57. The zero-order valence-corrected chi connectivity index (χ0v) is 16.7. The summed E-state index contributed by atoms with van der Waals surface area (Å²) >= 11 is 0. The van der Waals surface area contributed by atoms with Crippen LogP contribution in [0.15, 0.2) is 30.3 Å². The lowest BCUT2D eigenvalue weighted by atomic mass is 9.78. The van der Waals surface area contributed by atoms with Crippen molar-refractivity contribution in [2.75, 3.05) is 18.4 Å². The van der Waals surface area contributed by atoms with E-state index in [4.69, 9.17) is 4.74 Å². The van der Waals surface area contributed by atoms with E-state index in [0.29, 0.717) is 24.7 Å². The monoisotopic (exact) mass is 387 g/mol. The van der Waals surface area contributed by atoms with Gasteiger partial charge in [0.2, 0.25) is 0 Å². The highest BCUT2D eigenvalue weighted by atomic mass is 16.6. The van der Waals surface area contributed by atoms with Crippen LogP contribution in [0.3, 0.4) is 0 Å². The van der Waals surface area contributed by atoms with Crippen LogP contribution in [0.1, 0.15) is 40.0 Å². The summed E-state index contributed by atoms with van der Waals surface area (Å²) in [6, 6.07) is 8.91. The molecule has 2 fully saturated rings. The van der Waals surface area contributed by atoms with Gasteiger partial charge < -0.3 is 20.3 Å². The van der Waals surface area contributed by atoms with E-state index in [0.717, 1.165) is 19.3 Å². The summed E-state index contributed by atoms with van der Waals surface area (Å²) in [7, 11) is 0. The molecule has 1 saturated heterocycles. The van der Waals surface area contributed by atoms with Gasteiger partial charge in [-0.25, -0.2) is 4.79 Å². The third kappa shape index (κ3) is 5.03. The van der Waals surface area contributed by atoms with E-state index in [1.54, 1.807) is 29.2 Å². The van der Waals surface area contributed by atoms with Crippen LogP contribution in [-0.2, 0) is 14.3 Å². The van der Waals surface area contributed by atoms with Crippen molar-refractivity contribution in [3.63, 3.8) is 0 Å². The van der Waals surface area contributed by atoms with Crippen molar-refractivity contribution in [3.05, 3.63) is 30.3 Å². The molecular weight excluding hydrogens is 358 g/mol. The van der Waals surface area contributed by atoms with Crippen LogP contribution in [0.4, 0.5) is 10.5 Å². The third-order valence-electron chi connectivity index (χ3n) is 5.31. The fraction of sp³-hybridized carbons (Fsp3) is 0.571. The van der Waals surface area contributed by atoms with Gasteiger partial charge in [0.15, 0.2) is 0 Å². The number of nitrogens with zero attached hydrogens (tertiary/aromatic N) is 1. The van der Waals surface area contributed by atoms with Crippen LogP contribution < -0.4 is 10.6 Å². The zero-order chi connectivity index (χ0) is 20.3. The summed E-state index contributed by atoms with van der Waals surface area (Å²) in [5, 5.41) is 5.62. The summed E-state index contributed by atoms with van der Waals surface area (Å²) in [6.45, 7) is 6.52. The van der Waals surface area contributed by atoms with Gasteiger partial charge in [-0.15, -0.1) is 0 Å². The Morgan fingerprint density at radius 3 is 2.46 bits per heavy atom. The maximum absolute atomic E-state index is 12.6. The van der Waals surface area contributed by atoms with Gasteiger partial charge >= 0.3 is 17.9 Å². The lowest BCUT2D eigenvalue weighted by Gasteiger charge is -2.33. The molecular formula is C21H29N3O4. The molecule has 3 amide bonds. The quantitative estimate of drug-likeness (QED) is 0.764. The Morgan fingerprint density at radius 2 is 1.79 bits per heavy atom. The predicted molar refractivity (Wildman–Crippen MR) is 106 cm³/mol. The fourth-order valence-corrected chi connectivity index (χ4v) is 4.13. The summed E-state index contributed by atoms with van der Waals surface area (Å²) in [4.78, 5) is 38.7. The molecule has 152 valence electrons. The molecule has 0 spiro atoms. The number of fused-ring (bicyclic) bond motifs is 1. The highest BCUT2D eigenvalue weighted by Gasteiger charge is 2.43. The molecule has 1 heterocycles. The Bertz CT molecular complexity index is 729. The maximum Gasteiger partial charge on any atom is 0.407 e. The number of carbonyl (C=O) groups excluding carboxylic acids is 3. The minimum atomic E-state index is -0.624. The second-order valence-electron chi connectivity index (χ2n) is 8.64. The van der Waals surface area contributed by atoms with E-state index in [9.17, 15) is 14.4 Å². The van der Waals surface area contributed by atoms with Crippen LogP contribution in [0.2, 0.25) is 0 Å². The Morgan fingerprint density at radius 1 is 1.07 bits per heavy atom. The van der Waals surface area contributed by atoms with Gasteiger partial charge in [0.05, 0.1) is 0 Å². The van der Waals surface area contributed by atoms with Crippen LogP contribution in [0.25, 0.3) is 0 Å². The number of benzene rings is 1. The number of ether oxygens (including phenoxy) is 1. The first-order chi connectivity index (χ1) is 13.2. The number of hydrogen-bond donors (Lipinski definition) is 2. The van der Waals surface area contributed by atoms with Gasteiger partial charge in [-0.3, -0.25) is 9.59 Å². The van der Waals surface area contributed by atoms with Crippen LogP contribution >= 0.6 is 0 Å². The average molecular weight is 387 g/mol. The number of hydrogen-bond acceptors (Lipinski definition) is 4. The zero-order valence-electron chi connectivity index (χ0n) is 16.7. The van der Waals surface area contributed by atoms with Crippen molar-refractivity contribution < 1.29 is 19.1 Å². The molecule has 3 rings (SSSR count). The molecule has 28 heavy (non-hydrogen) atoms. The van der Waals surface area contributed by atoms with E-state index in [2.05, 4.69) is 10.6 Å². The minimum absolute atomic E-state index is 0.0383. The molecule has 1 saturated carbocycles. The van der Waals surface area contributed by atoms with E-state index in [1.165, 1.54) is 0 Å². The van der Waals surface area contributed by atoms with E-state index in [-0.39, 0.29) is 12.0 Å². The molecule has 1 aromatic rings. The third-order valence-corrected chi connectivity index (χ3v) is 5.31. The van der Waals surface area contributed by atoms with Gasteiger partial charge in [0, 0.05) is 30.7 Å². The van der Waals surface area contributed by atoms with Crippen LogP contribution in [0.5, 0.6) is 0 Å². The Balaban J connectivity index is 1.59. The van der Waals surface area contributed by atoms with Crippen molar-refractivity contribution in [1.82, 2.24) is 10.2 Å². The number of alkyl carbamates (subject to hydrolysis) is 1. The minimum Gasteiger partial charge on any atom is -0.444 e. The van der Waals surface area contributed by atoms with Crippen molar-refractivity contribution in [2.45, 2.75) is 51.7 Å². The Labute approximate surface area is 165 Å². The first-order valence-electron chi connectivity index (χ1n) is 9.88. The molecule has 7 nitrogen and oxygen atoms in total. The molecule has 1 aliphatic carbocycles. The maximum atomic E-state index is 12.6. The normalized spacial score (nSPS) is 24.2. The second kappa shape index (κ2) is 8.20. The number of anilines is 1. The summed E-state index contributed by atoms with van der Waals surface area (Å²) in [5.74, 6) is -0.701.